The highest BCUT2D eigenvalue weighted by molar-refractivity contribution is 7.78. The predicted octanol–water partition coefficient (Wildman–Crippen LogP) is 5.45. The van der Waals surface area contributed by atoms with Gasteiger partial charge in [0, 0.05) is 16.8 Å². The van der Waals surface area contributed by atoms with Gasteiger partial charge in [-0.05, 0) is 35.4 Å². The summed E-state index contributed by atoms with van der Waals surface area (Å²) in [4.78, 5) is 11.5. The number of rotatable bonds is 7. The lowest BCUT2D eigenvalue weighted by Gasteiger charge is -2.22. The van der Waals surface area contributed by atoms with Crippen LogP contribution in [0.4, 0.5) is 0 Å². The van der Waals surface area contributed by atoms with Crippen LogP contribution in [-0.4, -0.2) is 17.6 Å². The Balaban J connectivity index is 1.90. The van der Waals surface area contributed by atoms with E-state index in [1.54, 1.807) is 6.07 Å². The van der Waals surface area contributed by atoms with Crippen LogP contribution in [0.3, 0.4) is 0 Å². The minimum atomic E-state index is -2.79. The number of carbonyl (C=O) groups excluding carboxylic acids is 1. The molecule has 0 bridgehead atoms. The van der Waals surface area contributed by atoms with Crippen molar-refractivity contribution < 1.29 is 14.5 Å². The minimum absolute atomic E-state index is 0.0345. The number of hydrogen-bond donors (Lipinski definition) is 1. The minimum Gasteiger partial charge on any atom is -0.507 e. The molecule has 156 valence electrons. The SMILES string of the molecule is CC(C)(C)c1cc(C=O)c(O)c(CCCP(=O)(c2ccccc2)c2ccccc2)c1. The number of aryl methyl sites for hydroxylation is 1. The summed E-state index contributed by atoms with van der Waals surface area (Å²) in [6.45, 7) is 6.24. The highest BCUT2D eigenvalue weighted by Crippen LogP contribution is 2.44. The van der Waals surface area contributed by atoms with Crippen LogP contribution >= 0.6 is 7.14 Å². The van der Waals surface area contributed by atoms with Crippen molar-refractivity contribution in [1.82, 2.24) is 0 Å². The lowest BCUT2D eigenvalue weighted by atomic mass is 9.84. The molecule has 0 saturated heterocycles. The molecule has 3 aromatic carbocycles. The number of phenols is 1. The lowest BCUT2D eigenvalue weighted by molar-refractivity contribution is 0.112. The molecule has 0 aliphatic rings. The zero-order valence-corrected chi connectivity index (χ0v) is 18.7. The first-order valence-electron chi connectivity index (χ1n) is 10.3. The van der Waals surface area contributed by atoms with Gasteiger partial charge in [0.2, 0.25) is 0 Å². The molecule has 0 heterocycles. The van der Waals surface area contributed by atoms with E-state index in [2.05, 4.69) is 20.8 Å². The fraction of sp³-hybridized carbons (Fsp3) is 0.269. The van der Waals surface area contributed by atoms with Gasteiger partial charge < -0.3 is 9.67 Å². The van der Waals surface area contributed by atoms with Gasteiger partial charge in [-0.25, -0.2) is 0 Å². The molecule has 30 heavy (non-hydrogen) atoms. The molecule has 1 N–H and O–H groups in total. The van der Waals surface area contributed by atoms with E-state index < -0.39 is 7.14 Å². The number of aromatic hydroxyl groups is 1. The van der Waals surface area contributed by atoms with Crippen LogP contribution in [0.25, 0.3) is 0 Å². The van der Waals surface area contributed by atoms with Crippen molar-refractivity contribution in [1.29, 1.82) is 0 Å². The molecular weight excluding hydrogens is 391 g/mol. The monoisotopic (exact) mass is 420 g/mol. The zero-order valence-electron chi connectivity index (χ0n) is 17.8. The topological polar surface area (TPSA) is 54.4 Å². The second-order valence-electron chi connectivity index (χ2n) is 8.68. The van der Waals surface area contributed by atoms with Gasteiger partial charge in [-0.2, -0.15) is 0 Å². The number of aldehydes is 1. The molecule has 0 unspecified atom stereocenters. The number of benzene rings is 3. The van der Waals surface area contributed by atoms with Crippen molar-refractivity contribution >= 4 is 24.0 Å². The molecule has 0 aliphatic heterocycles. The molecule has 0 fully saturated rings. The zero-order chi connectivity index (χ0) is 21.8. The molecule has 3 rings (SSSR count). The van der Waals surface area contributed by atoms with Gasteiger partial charge in [-0.3, -0.25) is 4.79 Å². The third-order valence-electron chi connectivity index (χ3n) is 5.48. The average molecular weight is 420 g/mol. The van der Waals surface area contributed by atoms with E-state index in [0.717, 1.165) is 21.7 Å². The molecule has 0 radical (unpaired) electrons. The normalized spacial score (nSPS) is 12.0. The van der Waals surface area contributed by atoms with Crippen LogP contribution in [0, 0.1) is 0 Å². The molecule has 0 amide bonds. The molecule has 0 atom stereocenters. The largest absolute Gasteiger partial charge is 0.507 e. The first-order chi connectivity index (χ1) is 14.3. The van der Waals surface area contributed by atoms with Crippen LogP contribution in [0.2, 0.25) is 0 Å². The van der Waals surface area contributed by atoms with Crippen LogP contribution in [-0.2, 0) is 16.4 Å². The summed E-state index contributed by atoms with van der Waals surface area (Å²) in [6, 6.07) is 23.0. The summed E-state index contributed by atoms with van der Waals surface area (Å²) in [6.07, 6.45) is 2.39. The Morgan fingerprint density at radius 3 is 1.90 bits per heavy atom. The van der Waals surface area contributed by atoms with Gasteiger partial charge in [-0.15, -0.1) is 0 Å². The molecule has 0 aliphatic carbocycles. The van der Waals surface area contributed by atoms with E-state index in [1.165, 1.54) is 0 Å². The molecule has 0 aromatic heterocycles. The third-order valence-corrected chi connectivity index (χ3v) is 8.69. The van der Waals surface area contributed by atoms with Crippen molar-refractivity contribution in [3.05, 3.63) is 89.5 Å². The Kier molecular flexibility index (Phi) is 6.63. The Morgan fingerprint density at radius 2 is 1.43 bits per heavy atom. The maximum Gasteiger partial charge on any atom is 0.153 e. The summed E-state index contributed by atoms with van der Waals surface area (Å²) < 4.78 is 14.1. The van der Waals surface area contributed by atoms with Gasteiger partial charge in [0.1, 0.15) is 12.9 Å². The standard InChI is InChI=1S/C26H29O3P/c1-26(2,3)22-17-20(25(28)21(18-22)19-27)11-10-16-30(29,23-12-6-4-7-13-23)24-14-8-5-9-15-24/h4-9,12-15,17-19,28H,10-11,16H2,1-3H3. The van der Waals surface area contributed by atoms with Crippen molar-refractivity contribution in [3.8, 4) is 5.75 Å². The smallest absolute Gasteiger partial charge is 0.153 e. The van der Waals surface area contributed by atoms with Crippen LogP contribution in [0.5, 0.6) is 5.75 Å². The lowest BCUT2D eigenvalue weighted by Crippen LogP contribution is -2.18. The van der Waals surface area contributed by atoms with E-state index in [-0.39, 0.29) is 11.2 Å². The third kappa shape index (κ3) is 4.74. The summed E-state index contributed by atoms with van der Waals surface area (Å²) in [5, 5.41) is 12.2. The number of phenolic OH excluding ortho intramolecular Hbond substituents is 1. The Hall–Kier alpha value is -2.64. The van der Waals surface area contributed by atoms with Crippen molar-refractivity contribution in [2.45, 2.75) is 39.0 Å². The summed E-state index contributed by atoms with van der Waals surface area (Å²) >= 11 is 0. The molecule has 0 saturated carbocycles. The highest BCUT2D eigenvalue weighted by Gasteiger charge is 2.27. The summed E-state index contributed by atoms with van der Waals surface area (Å²) in [7, 11) is -2.79. The fourth-order valence-corrected chi connectivity index (χ4v) is 6.39. The average Bonchev–Trinajstić information content (AvgIpc) is 2.75. The Bertz CT molecular complexity index is 1010. The number of carbonyl (C=O) groups is 1. The maximum atomic E-state index is 14.1. The van der Waals surface area contributed by atoms with Crippen LogP contribution in [0.15, 0.2) is 72.8 Å². The fourth-order valence-electron chi connectivity index (χ4n) is 3.67. The summed E-state index contributed by atoms with van der Waals surface area (Å²) in [5.41, 5.74) is 1.92. The Morgan fingerprint density at radius 1 is 0.900 bits per heavy atom. The van der Waals surface area contributed by atoms with Gasteiger partial charge in [0.15, 0.2) is 6.29 Å². The predicted molar refractivity (Wildman–Crippen MR) is 125 cm³/mol. The van der Waals surface area contributed by atoms with E-state index in [9.17, 15) is 14.5 Å². The Labute approximate surface area is 179 Å². The molecule has 3 aromatic rings. The van der Waals surface area contributed by atoms with E-state index in [1.807, 2.05) is 66.7 Å². The van der Waals surface area contributed by atoms with Crippen LogP contribution in [0.1, 0.15) is 48.7 Å². The molecule has 4 heteroatoms. The van der Waals surface area contributed by atoms with Gasteiger partial charge in [0.25, 0.3) is 0 Å². The first kappa shape index (κ1) is 22.1. The van der Waals surface area contributed by atoms with E-state index >= 15 is 0 Å². The maximum absolute atomic E-state index is 14.1. The molecule has 0 spiro atoms. The second kappa shape index (κ2) is 9.02. The van der Waals surface area contributed by atoms with Gasteiger partial charge in [0.05, 0.1) is 5.56 Å². The highest BCUT2D eigenvalue weighted by atomic mass is 31.2. The molecule has 3 nitrogen and oxygen atoms in total. The number of hydrogen-bond acceptors (Lipinski definition) is 3. The van der Waals surface area contributed by atoms with Gasteiger partial charge >= 0.3 is 0 Å². The van der Waals surface area contributed by atoms with Crippen molar-refractivity contribution in [3.63, 3.8) is 0 Å². The van der Waals surface area contributed by atoms with E-state index in [4.69, 9.17) is 0 Å². The summed E-state index contributed by atoms with van der Waals surface area (Å²) in [5.74, 6) is 0.0345. The molecular formula is C26H29O3P. The van der Waals surface area contributed by atoms with Crippen molar-refractivity contribution in [2.75, 3.05) is 6.16 Å². The van der Waals surface area contributed by atoms with Crippen LogP contribution < -0.4 is 10.6 Å². The first-order valence-corrected chi connectivity index (χ1v) is 12.2. The second-order valence-corrected chi connectivity index (χ2v) is 11.6. The van der Waals surface area contributed by atoms with Crippen molar-refractivity contribution in [2.24, 2.45) is 0 Å². The van der Waals surface area contributed by atoms with Gasteiger partial charge in [-0.1, -0.05) is 87.5 Å². The quantitative estimate of drug-likeness (QED) is 0.409. The van der Waals surface area contributed by atoms with E-state index in [0.29, 0.717) is 30.9 Å².